The highest BCUT2D eigenvalue weighted by atomic mass is 32.2. The Kier molecular flexibility index (Phi) is 3.29. The van der Waals surface area contributed by atoms with Gasteiger partial charge in [-0.15, -0.1) is 0 Å². The SMILES string of the molecule is C[C@]1(c2ccccc2F)N=C(N)CS(=O)(=O)[C@H]2COC[C@@H]21. The molecule has 2 aliphatic heterocycles. The maximum atomic E-state index is 14.2. The second-order valence-electron chi connectivity index (χ2n) is 5.72. The standard InChI is InChI=1S/C14H17FN2O3S/c1-14(9-4-2-3-5-11(9)15)10-6-20-7-12(10)21(18,19)8-13(16)17-14/h2-5,10,12H,6-8H2,1H3,(H2,16,17)/t10-,12-,14+/m0/s1. The first-order valence-corrected chi connectivity index (χ1v) is 8.44. The Balaban J connectivity index is 2.21. The van der Waals surface area contributed by atoms with Crippen molar-refractivity contribution in [3.8, 4) is 0 Å². The lowest BCUT2D eigenvalue weighted by Crippen LogP contribution is -2.40. The number of amidine groups is 1. The summed E-state index contributed by atoms with van der Waals surface area (Å²) < 4.78 is 44.3. The van der Waals surface area contributed by atoms with Gasteiger partial charge in [-0.2, -0.15) is 0 Å². The third kappa shape index (κ3) is 2.24. The van der Waals surface area contributed by atoms with E-state index in [0.29, 0.717) is 5.56 Å². The summed E-state index contributed by atoms with van der Waals surface area (Å²) in [5.41, 5.74) is 5.10. The minimum absolute atomic E-state index is 0.0233. The van der Waals surface area contributed by atoms with Crippen LogP contribution in [0.1, 0.15) is 12.5 Å². The van der Waals surface area contributed by atoms with Crippen LogP contribution in [0.5, 0.6) is 0 Å². The van der Waals surface area contributed by atoms with E-state index in [1.54, 1.807) is 25.1 Å². The lowest BCUT2D eigenvalue weighted by molar-refractivity contribution is 0.166. The van der Waals surface area contributed by atoms with Crippen LogP contribution in [-0.2, 0) is 20.1 Å². The lowest BCUT2D eigenvalue weighted by Gasteiger charge is -2.33. The van der Waals surface area contributed by atoms with Gasteiger partial charge in [0.1, 0.15) is 17.4 Å². The Morgan fingerprint density at radius 1 is 1.38 bits per heavy atom. The van der Waals surface area contributed by atoms with Crippen LogP contribution < -0.4 is 5.73 Å². The van der Waals surface area contributed by atoms with Crippen LogP contribution in [0.4, 0.5) is 4.39 Å². The molecule has 0 bridgehead atoms. The van der Waals surface area contributed by atoms with Gasteiger partial charge in [0.15, 0.2) is 9.84 Å². The summed E-state index contributed by atoms with van der Waals surface area (Å²) in [5.74, 6) is -1.14. The summed E-state index contributed by atoms with van der Waals surface area (Å²) >= 11 is 0. The number of halogens is 1. The number of aliphatic imine (C=N–C) groups is 1. The summed E-state index contributed by atoms with van der Waals surface area (Å²) in [6.45, 7) is 2.07. The predicted molar refractivity (Wildman–Crippen MR) is 77.3 cm³/mol. The molecule has 0 aliphatic carbocycles. The summed E-state index contributed by atoms with van der Waals surface area (Å²) in [6.07, 6.45) is 0. The zero-order chi connectivity index (χ0) is 15.3. The summed E-state index contributed by atoms with van der Waals surface area (Å²) in [6, 6.07) is 6.26. The van der Waals surface area contributed by atoms with Gasteiger partial charge >= 0.3 is 0 Å². The largest absolute Gasteiger partial charge is 0.387 e. The number of sulfone groups is 1. The van der Waals surface area contributed by atoms with E-state index in [9.17, 15) is 12.8 Å². The third-order valence-corrected chi connectivity index (χ3v) is 6.44. The van der Waals surface area contributed by atoms with Crippen molar-refractivity contribution in [3.05, 3.63) is 35.6 Å². The molecule has 7 heteroatoms. The first-order chi connectivity index (χ1) is 9.84. The fraction of sp³-hybridized carbons (Fsp3) is 0.500. The van der Waals surface area contributed by atoms with Crippen LogP contribution >= 0.6 is 0 Å². The highest BCUT2D eigenvalue weighted by molar-refractivity contribution is 7.92. The number of hydrogen-bond acceptors (Lipinski definition) is 5. The van der Waals surface area contributed by atoms with E-state index in [0.717, 1.165) is 0 Å². The molecule has 3 atom stereocenters. The second-order valence-corrected chi connectivity index (χ2v) is 7.94. The van der Waals surface area contributed by atoms with Gasteiger partial charge in [-0.3, -0.25) is 4.99 Å². The average Bonchev–Trinajstić information content (AvgIpc) is 2.86. The van der Waals surface area contributed by atoms with Crippen molar-refractivity contribution in [3.63, 3.8) is 0 Å². The minimum Gasteiger partial charge on any atom is -0.387 e. The van der Waals surface area contributed by atoms with Crippen molar-refractivity contribution in [2.24, 2.45) is 16.6 Å². The van der Waals surface area contributed by atoms with E-state index < -0.39 is 32.4 Å². The monoisotopic (exact) mass is 312 g/mol. The van der Waals surface area contributed by atoms with Gasteiger partial charge < -0.3 is 10.5 Å². The van der Waals surface area contributed by atoms with Gasteiger partial charge in [-0.1, -0.05) is 18.2 Å². The average molecular weight is 312 g/mol. The molecule has 2 N–H and O–H groups in total. The van der Waals surface area contributed by atoms with E-state index in [2.05, 4.69) is 4.99 Å². The maximum absolute atomic E-state index is 14.2. The lowest BCUT2D eigenvalue weighted by atomic mass is 9.79. The van der Waals surface area contributed by atoms with Crippen LogP contribution in [0.25, 0.3) is 0 Å². The van der Waals surface area contributed by atoms with Crippen LogP contribution in [0.2, 0.25) is 0 Å². The molecule has 2 aliphatic rings. The quantitative estimate of drug-likeness (QED) is 0.833. The molecule has 3 rings (SSSR count). The molecule has 0 unspecified atom stereocenters. The Labute approximate surface area is 122 Å². The highest BCUT2D eigenvalue weighted by Gasteiger charge is 2.52. The molecule has 0 radical (unpaired) electrons. The molecule has 1 aromatic rings. The summed E-state index contributed by atoms with van der Waals surface area (Å²) in [4.78, 5) is 4.37. The van der Waals surface area contributed by atoms with E-state index in [-0.39, 0.29) is 24.8 Å². The predicted octanol–water partition coefficient (Wildman–Crippen LogP) is 0.842. The normalized spacial score (nSPS) is 34.9. The second kappa shape index (κ2) is 4.78. The molecule has 21 heavy (non-hydrogen) atoms. The van der Waals surface area contributed by atoms with E-state index >= 15 is 0 Å². The number of rotatable bonds is 1. The number of ether oxygens (including phenoxy) is 1. The Bertz CT molecular complexity index is 704. The molecule has 1 saturated heterocycles. The Morgan fingerprint density at radius 3 is 2.81 bits per heavy atom. The van der Waals surface area contributed by atoms with Crippen LogP contribution in [0.15, 0.2) is 29.3 Å². The fourth-order valence-electron chi connectivity index (χ4n) is 3.27. The first-order valence-electron chi connectivity index (χ1n) is 6.73. The zero-order valence-corrected chi connectivity index (χ0v) is 12.4. The third-order valence-electron chi connectivity index (χ3n) is 4.36. The van der Waals surface area contributed by atoms with Gasteiger partial charge in [-0.05, 0) is 13.0 Å². The Hall–Kier alpha value is -1.47. The Morgan fingerprint density at radius 2 is 2.10 bits per heavy atom. The molecule has 0 aromatic heterocycles. The number of hydrogen-bond donors (Lipinski definition) is 1. The number of nitrogens with zero attached hydrogens (tertiary/aromatic N) is 1. The zero-order valence-electron chi connectivity index (χ0n) is 11.6. The van der Waals surface area contributed by atoms with Crippen molar-refractivity contribution in [1.29, 1.82) is 0 Å². The number of benzene rings is 1. The van der Waals surface area contributed by atoms with Crippen LogP contribution in [0, 0.1) is 11.7 Å². The summed E-state index contributed by atoms with van der Waals surface area (Å²) in [7, 11) is -3.44. The van der Waals surface area contributed by atoms with Crippen molar-refractivity contribution in [2.75, 3.05) is 19.0 Å². The topological polar surface area (TPSA) is 81.8 Å². The van der Waals surface area contributed by atoms with Crippen LogP contribution in [-0.4, -0.2) is 38.5 Å². The molecule has 5 nitrogen and oxygen atoms in total. The molecular formula is C14H17FN2O3S. The van der Waals surface area contributed by atoms with Gasteiger partial charge in [0.2, 0.25) is 0 Å². The molecule has 114 valence electrons. The molecule has 2 heterocycles. The van der Waals surface area contributed by atoms with Gasteiger partial charge in [-0.25, -0.2) is 12.8 Å². The van der Waals surface area contributed by atoms with Crippen molar-refractivity contribution in [1.82, 2.24) is 0 Å². The van der Waals surface area contributed by atoms with Crippen molar-refractivity contribution < 1.29 is 17.5 Å². The number of fused-ring (bicyclic) bond motifs is 1. The highest BCUT2D eigenvalue weighted by Crippen LogP contribution is 2.43. The van der Waals surface area contributed by atoms with E-state index in [1.807, 2.05) is 0 Å². The van der Waals surface area contributed by atoms with Crippen molar-refractivity contribution in [2.45, 2.75) is 17.7 Å². The van der Waals surface area contributed by atoms with Gasteiger partial charge in [0.05, 0.1) is 24.0 Å². The van der Waals surface area contributed by atoms with Gasteiger partial charge in [0, 0.05) is 11.5 Å². The fourth-order valence-corrected chi connectivity index (χ4v) is 5.11. The smallest absolute Gasteiger partial charge is 0.163 e. The molecule has 0 saturated carbocycles. The number of nitrogens with two attached hydrogens (primary N) is 1. The molecule has 1 fully saturated rings. The molecule has 0 spiro atoms. The molecule has 1 aromatic carbocycles. The van der Waals surface area contributed by atoms with Gasteiger partial charge in [0.25, 0.3) is 0 Å². The minimum atomic E-state index is -3.44. The van der Waals surface area contributed by atoms with Crippen LogP contribution in [0.3, 0.4) is 0 Å². The molecular weight excluding hydrogens is 295 g/mol. The van der Waals surface area contributed by atoms with E-state index in [4.69, 9.17) is 10.5 Å². The first kappa shape index (κ1) is 14.5. The van der Waals surface area contributed by atoms with Crippen molar-refractivity contribution >= 4 is 15.7 Å². The molecule has 0 amide bonds. The van der Waals surface area contributed by atoms with E-state index in [1.165, 1.54) is 6.07 Å². The maximum Gasteiger partial charge on any atom is 0.163 e. The summed E-state index contributed by atoms with van der Waals surface area (Å²) in [5, 5.41) is -0.702.